The molecule has 1 aliphatic rings. The molecule has 0 radical (unpaired) electrons. The summed E-state index contributed by atoms with van der Waals surface area (Å²) in [5.41, 5.74) is 2.56. The smallest absolute Gasteiger partial charge is 0.341 e. The minimum Gasteiger partial charge on any atom is -0.465 e. The van der Waals surface area contributed by atoms with Crippen molar-refractivity contribution in [2.75, 3.05) is 24.7 Å². The average molecular weight is 513 g/mol. The number of sulfone groups is 1. The minimum atomic E-state index is -3.45. The lowest BCUT2D eigenvalue weighted by atomic mass is 10.0. The molecule has 9 heteroatoms. The van der Waals surface area contributed by atoms with E-state index in [4.69, 9.17) is 4.74 Å². The normalized spacial score (nSPS) is 13.7. The van der Waals surface area contributed by atoms with E-state index in [-0.39, 0.29) is 29.4 Å². The number of carbonyl (C=O) groups is 2. The molecule has 0 aliphatic carbocycles. The maximum Gasteiger partial charge on any atom is 0.341 e. The number of nitrogens with zero attached hydrogens (tertiary/aromatic N) is 1. The second-order valence-corrected chi connectivity index (χ2v) is 11.6. The fraction of sp³-hybridized carbons (Fsp3) is 0.308. The Bertz CT molecular complexity index is 1290. The summed E-state index contributed by atoms with van der Waals surface area (Å²) < 4.78 is 29.9. The van der Waals surface area contributed by atoms with E-state index in [1.54, 1.807) is 30.3 Å². The Labute approximate surface area is 209 Å². The van der Waals surface area contributed by atoms with Crippen LogP contribution in [0, 0.1) is 0 Å². The van der Waals surface area contributed by atoms with E-state index in [1.807, 2.05) is 18.2 Å². The van der Waals surface area contributed by atoms with E-state index in [0.717, 1.165) is 23.5 Å². The van der Waals surface area contributed by atoms with Gasteiger partial charge in [0.25, 0.3) is 0 Å². The number of amides is 1. The number of benzene rings is 2. The first-order valence-electron chi connectivity index (χ1n) is 11.4. The summed E-state index contributed by atoms with van der Waals surface area (Å²) in [4.78, 5) is 28.8. The van der Waals surface area contributed by atoms with Crippen LogP contribution in [0.25, 0.3) is 0 Å². The Morgan fingerprint density at radius 3 is 2.43 bits per heavy atom. The molecule has 0 bridgehead atoms. The summed E-state index contributed by atoms with van der Waals surface area (Å²) in [7, 11) is -2.12. The third kappa shape index (κ3) is 6.17. The van der Waals surface area contributed by atoms with E-state index in [0.29, 0.717) is 23.5 Å². The standard InChI is InChI=1S/C26H28N2O5S2/c1-33-26(30)24-21-14-15-28(17-19-9-4-2-5-10-19)18-22(21)34-25(24)27-23(29)13-8-16-35(31,32)20-11-6-3-7-12-20/h2-7,9-12H,8,13-18H2,1H3,(H,27,29). The second kappa shape index (κ2) is 11.2. The fourth-order valence-electron chi connectivity index (χ4n) is 4.20. The maximum atomic E-state index is 12.7. The van der Waals surface area contributed by atoms with Gasteiger partial charge in [-0.3, -0.25) is 9.69 Å². The first-order valence-corrected chi connectivity index (χ1v) is 13.9. The van der Waals surface area contributed by atoms with Crippen LogP contribution in [-0.2, 0) is 38.9 Å². The van der Waals surface area contributed by atoms with Gasteiger partial charge in [0.2, 0.25) is 5.91 Å². The van der Waals surface area contributed by atoms with Crippen LogP contribution in [0.15, 0.2) is 65.6 Å². The highest BCUT2D eigenvalue weighted by molar-refractivity contribution is 7.91. The molecule has 1 aromatic heterocycles. The lowest BCUT2D eigenvalue weighted by molar-refractivity contribution is -0.116. The van der Waals surface area contributed by atoms with Gasteiger partial charge in [0.15, 0.2) is 9.84 Å². The number of rotatable bonds is 9. The average Bonchev–Trinajstić information content (AvgIpc) is 3.21. The predicted molar refractivity (Wildman–Crippen MR) is 136 cm³/mol. The Kier molecular flexibility index (Phi) is 8.00. The molecular formula is C26H28N2O5S2. The monoisotopic (exact) mass is 512 g/mol. The van der Waals surface area contributed by atoms with E-state index in [2.05, 4.69) is 22.3 Å². The Hall–Kier alpha value is -3.01. The Balaban J connectivity index is 1.42. The molecule has 184 valence electrons. The zero-order valence-corrected chi connectivity index (χ0v) is 21.2. The van der Waals surface area contributed by atoms with Crippen molar-refractivity contribution in [2.45, 2.75) is 37.2 Å². The highest BCUT2D eigenvalue weighted by atomic mass is 32.2. The van der Waals surface area contributed by atoms with Crippen molar-refractivity contribution >= 4 is 38.1 Å². The van der Waals surface area contributed by atoms with Crippen molar-refractivity contribution in [2.24, 2.45) is 0 Å². The largest absolute Gasteiger partial charge is 0.465 e. The second-order valence-electron chi connectivity index (χ2n) is 8.43. The molecule has 0 unspecified atom stereocenters. The van der Waals surface area contributed by atoms with Gasteiger partial charge in [0.1, 0.15) is 5.00 Å². The van der Waals surface area contributed by atoms with Gasteiger partial charge in [0.05, 0.1) is 23.3 Å². The van der Waals surface area contributed by atoms with Crippen molar-refractivity contribution in [1.29, 1.82) is 0 Å². The van der Waals surface area contributed by atoms with Gasteiger partial charge in [0, 0.05) is 30.9 Å². The highest BCUT2D eigenvalue weighted by Gasteiger charge is 2.29. The van der Waals surface area contributed by atoms with Gasteiger partial charge >= 0.3 is 5.97 Å². The summed E-state index contributed by atoms with van der Waals surface area (Å²) in [5.74, 6) is -0.914. The van der Waals surface area contributed by atoms with Crippen LogP contribution in [0.4, 0.5) is 5.00 Å². The SMILES string of the molecule is COC(=O)c1c(NC(=O)CCCS(=O)(=O)c2ccccc2)sc2c1CCN(Cc1ccccc1)C2. The molecule has 0 saturated carbocycles. The third-order valence-corrected chi connectivity index (χ3v) is 8.90. The van der Waals surface area contributed by atoms with Gasteiger partial charge in [-0.15, -0.1) is 11.3 Å². The molecule has 35 heavy (non-hydrogen) atoms. The van der Waals surface area contributed by atoms with Gasteiger partial charge in [-0.1, -0.05) is 48.5 Å². The molecule has 4 rings (SSSR count). The molecule has 0 fully saturated rings. The van der Waals surface area contributed by atoms with Crippen LogP contribution >= 0.6 is 11.3 Å². The number of nitrogens with one attached hydrogen (secondary N) is 1. The highest BCUT2D eigenvalue weighted by Crippen LogP contribution is 2.38. The molecule has 1 amide bonds. The lowest BCUT2D eigenvalue weighted by Crippen LogP contribution is -2.29. The van der Waals surface area contributed by atoms with Crippen LogP contribution in [0.1, 0.15) is 39.2 Å². The molecule has 1 N–H and O–H groups in total. The van der Waals surface area contributed by atoms with Crippen molar-refractivity contribution in [3.8, 4) is 0 Å². The molecule has 2 aromatic carbocycles. The Morgan fingerprint density at radius 1 is 1.06 bits per heavy atom. The summed E-state index contributed by atoms with van der Waals surface area (Å²) >= 11 is 1.39. The molecule has 0 atom stereocenters. The van der Waals surface area contributed by atoms with E-state index in [9.17, 15) is 18.0 Å². The van der Waals surface area contributed by atoms with Crippen molar-refractivity contribution in [3.63, 3.8) is 0 Å². The topological polar surface area (TPSA) is 92.8 Å². The molecular weight excluding hydrogens is 484 g/mol. The van der Waals surface area contributed by atoms with Crippen LogP contribution in [0.2, 0.25) is 0 Å². The summed E-state index contributed by atoms with van der Waals surface area (Å²) in [6, 6.07) is 18.4. The fourth-order valence-corrected chi connectivity index (χ4v) is 6.82. The van der Waals surface area contributed by atoms with Crippen LogP contribution < -0.4 is 5.32 Å². The van der Waals surface area contributed by atoms with E-state index >= 15 is 0 Å². The lowest BCUT2D eigenvalue weighted by Gasteiger charge is -2.27. The van der Waals surface area contributed by atoms with Gasteiger partial charge in [-0.2, -0.15) is 0 Å². The summed E-state index contributed by atoms with van der Waals surface area (Å²) in [5, 5.41) is 3.31. The van der Waals surface area contributed by atoms with Crippen molar-refractivity contribution in [3.05, 3.63) is 82.2 Å². The number of fused-ring (bicyclic) bond motifs is 1. The molecule has 0 spiro atoms. The van der Waals surface area contributed by atoms with Crippen molar-refractivity contribution in [1.82, 2.24) is 4.90 Å². The number of esters is 1. The number of ether oxygens (including phenoxy) is 1. The molecule has 7 nitrogen and oxygen atoms in total. The summed E-state index contributed by atoms with van der Waals surface area (Å²) in [6.07, 6.45) is 0.913. The van der Waals surface area contributed by atoms with E-state index in [1.165, 1.54) is 24.0 Å². The first kappa shape index (κ1) is 25.1. The zero-order valence-electron chi connectivity index (χ0n) is 19.5. The zero-order chi connectivity index (χ0) is 24.8. The Morgan fingerprint density at radius 2 is 1.74 bits per heavy atom. The molecule has 0 saturated heterocycles. The molecule has 3 aromatic rings. The van der Waals surface area contributed by atoms with Gasteiger partial charge in [-0.05, 0) is 36.1 Å². The minimum absolute atomic E-state index is 0.0371. The van der Waals surface area contributed by atoms with E-state index < -0.39 is 15.8 Å². The van der Waals surface area contributed by atoms with Gasteiger partial charge in [-0.25, -0.2) is 13.2 Å². The maximum absolute atomic E-state index is 12.7. The van der Waals surface area contributed by atoms with Crippen LogP contribution in [-0.4, -0.2) is 44.6 Å². The number of methoxy groups -OCH3 is 1. The number of hydrogen-bond acceptors (Lipinski definition) is 7. The number of carbonyl (C=O) groups excluding carboxylic acids is 2. The summed E-state index contributed by atoms with van der Waals surface area (Å²) in [6.45, 7) is 2.29. The number of anilines is 1. The van der Waals surface area contributed by atoms with Crippen molar-refractivity contribution < 1.29 is 22.7 Å². The quantitative estimate of drug-likeness (QED) is 0.430. The third-order valence-electron chi connectivity index (χ3n) is 5.95. The molecule has 1 aliphatic heterocycles. The van der Waals surface area contributed by atoms with Crippen LogP contribution in [0.5, 0.6) is 0 Å². The molecule has 2 heterocycles. The number of thiophene rings is 1. The predicted octanol–water partition coefficient (Wildman–Crippen LogP) is 4.29. The number of hydrogen-bond donors (Lipinski definition) is 1. The van der Waals surface area contributed by atoms with Crippen LogP contribution in [0.3, 0.4) is 0 Å². The first-order chi connectivity index (χ1) is 16.9. The van der Waals surface area contributed by atoms with Gasteiger partial charge < -0.3 is 10.1 Å².